The maximum absolute atomic E-state index is 12.4. The summed E-state index contributed by atoms with van der Waals surface area (Å²) in [6.45, 7) is -0.249. The fourth-order valence-corrected chi connectivity index (χ4v) is 1.12. The summed E-state index contributed by atoms with van der Waals surface area (Å²) in [5.74, 6) is -0.739. The zero-order valence-corrected chi connectivity index (χ0v) is 7.85. The Morgan fingerprint density at radius 2 is 2.31 bits per heavy atom. The fraction of sp³-hybridized carbons (Fsp3) is 0.250. The predicted octanol–water partition coefficient (Wildman–Crippen LogP) is 1.26. The molecule has 1 aromatic rings. The molecule has 8 heteroatoms. The molecule has 1 aromatic heterocycles. The van der Waals surface area contributed by atoms with Gasteiger partial charge in [0, 0.05) is 6.54 Å². The number of halogens is 2. The molecule has 0 atom stereocenters. The summed E-state index contributed by atoms with van der Waals surface area (Å²) in [6, 6.07) is 2.46. The van der Waals surface area contributed by atoms with Gasteiger partial charge in [-0.3, -0.25) is 0 Å². The number of rotatable bonds is 3. The molecule has 1 rings (SSSR count). The van der Waals surface area contributed by atoms with Crippen LogP contribution in [0.25, 0.3) is 0 Å². The highest BCUT2D eigenvalue weighted by Gasteiger charge is 2.26. The molecule has 0 spiro atoms. The lowest BCUT2D eigenvalue weighted by Gasteiger charge is -2.02. The minimum absolute atomic E-state index is 0.0500. The summed E-state index contributed by atoms with van der Waals surface area (Å²) in [5, 5.41) is 19.1. The van der Waals surface area contributed by atoms with Crippen LogP contribution in [0.15, 0.2) is 6.07 Å². The van der Waals surface area contributed by atoms with E-state index in [1.165, 1.54) is 6.07 Å². The topological polar surface area (TPSA) is 106 Å². The van der Waals surface area contributed by atoms with E-state index in [9.17, 15) is 18.9 Å². The molecule has 0 radical (unpaired) electrons. The van der Waals surface area contributed by atoms with E-state index < -0.39 is 28.4 Å². The second-order valence-corrected chi connectivity index (χ2v) is 2.78. The summed E-state index contributed by atoms with van der Waals surface area (Å²) in [5.41, 5.74) is 3.85. The van der Waals surface area contributed by atoms with Crippen molar-refractivity contribution in [2.24, 2.45) is 5.73 Å². The number of alkyl halides is 2. The second-order valence-electron chi connectivity index (χ2n) is 2.78. The largest absolute Gasteiger partial charge is 0.368 e. The van der Waals surface area contributed by atoms with Gasteiger partial charge in [-0.25, -0.2) is 8.78 Å². The minimum Gasteiger partial charge on any atom is -0.358 e. The van der Waals surface area contributed by atoms with Crippen LogP contribution in [0.2, 0.25) is 0 Å². The van der Waals surface area contributed by atoms with Gasteiger partial charge >= 0.3 is 12.2 Å². The monoisotopic (exact) mass is 228 g/mol. The Labute approximate surface area is 88.5 Å². The van der Waals surface area contributed by atoms with Crippen molar-refractivity contribution in [3.8, 4) is 6.07 Å². The van der Waals surface area contributed by atoms with E-state index in [2.05, 4.69) is 4.98 Å². The van der Waals surface area contributed by atoms with Crippen molar-refractivity contribution in [3.63, 3.8) is 0 Å². The first-order valence-corrected chi connectivity index (χ1v) is 4.07. The van der Waals surface area contributed by atoms with Gasteiger partial charge in [0.05, 0.1) is 5.56 Å². The van der Waals surface area contributed by atoms with Crippen LogP contribution >= 0.6 is 0 Å². The SMILES string of the molecule is N#Cc1cc(CN)c([N+](=O)[O-])nc1C(F)F. The third-order valence-corrected chi connectivity index (χ3v) is 1.83. The Morgan fingerprint density at radius 1 is 1.69 bits per heavy atom. The van der Waals surface area contributed by atoms with Crippen LogP contribution in [-0.2, 0) is 6.54 Å². The highest BCUT2D eigenvalue weighted by Crippen LogP contribution is 2.26. The molecule has 0 aliphatic heterocycles. The average molecular weight is 228 g/mol. The average Bonchev–Trinajstić information content (AvgIpc) is 2.26. The van der Waals surface area contributed by atoms with Gasteiger partial charge < -0.3 is 15.8 Å². The van der Waals surface area contributed by atoms with Crippen LogP contribution in [0.3, 0.4) is 0 Å². The molecular weight excluding hydrogens is 222 g/mol. The van der Waals surface area contributed by atoms with Crippen molar-refractivity contribution >= 4 is 5.82 Å². The van der Waals surface area contributed by atoms with Crippen molar-refractivity contribution < 1.29 is 13.7 Å². The highest BCUT2D eigenvalue weighted by atomic mass is 19.3. The minimum atomic E-state index is -3.04. The number of hydrogen-bond acceptors (Lipinski definition) is 5. The van der Waals surface area contributed by atoms with Crippen molar-refractivity contribution in [1.82, 2.24) is 4.98 Å². The smallest absolute Gasteiger partial charge is 0.358 e. The van der Waals surface area contributed by atoms with Crippen molar-refractivity contribution in [2.75, 3.05) is 0 Å². The molecule has 0 saturated carbocycles. The molecule has 0 aromatic carbocycles. The molecule has 0 unspecified atom stereocenters. The molecule has 2 N–H and O–H groups in total. The van der Waals surface area contributed by atoms with Gasteiger partial charge in [0.2, 0.25) is 5.69 Å². The molecule has 0 amide bonds. The maximum Gasteiger partial charge on any atom is 0.368 e. The summed E-state index contributed by atoms with van der Waals surface area (Å²) in [4.78, 5) is 12.8. The van der Waals surface area contributed by atoms with Crippen molar-refractivity contribution in [2.45, 2.75) is 13.0 Å². The lowest BCUT2D eigenvalue weighted by Crippen LogP contribution is -2.08. The molecule has 0 bridgehead atoms. The fourth-order valence-electron chi connectivity index (χ4n) is 1.12. The van der Waals surface area contributed by atoms with Crippen LogP contribution in [0, 0.1) is 21.4 Å². The highest BCUT2D eigenvalue weighted by molar-refractivity contribution is 5.44. The van der Waals surface area contributed by atoms with E-state index >= 15 is 0 Å². The first kappa shape index (κ1) is 11.9. The first-order valence-electron chi connectivity index (χ1n) is 4.07. The summed E-state index contributed by atoms with van der Waals surface area (Å²) >= 11 is 0. The van der Waals surface area contributed by atoms with E-state index in [0.29, 0.717) is 0 Å². The van der Waals surface area contributed by atoms with E-state index in [0.717, 1.165) is 6.07 Å². The molecule has 16 heavy (non-hydrogen) atoms. The van der Waals surface area contributed by atoms with E-state index in [4.69, 9.17) is 11.0 Å². The van der Waals surface area contributed by atoms with Gasteiger partial charge in [-0.1, -0.05) is 0 Å². The molecular formula is C8H6F2N4O2. The van der Waals surface area contributed by atoms with Crippen LogP contribution in [-0.4, -0.2) is 9.91 Å². The van der Waals surface area contributed by atoms with Crippen molar-refractivity contribution in [3.05, 3.63) is 33.0 Å². The van der Waals surface area contributed by atoms with Gasteiger partial charge in [0.15, 0.2) is 0 Å². The third-order valence-electron chi connectivity index (χ3n) is 1.83. The first-order chi connectivity index (χ1) is 7.51. The zero-order valence-electron chi connectivity index (χ0n) is 7.85. The third kappa shape index (κ3) is 2.09. The second kappa shape index (κ2) is 4.59. The normalized spacial score (nSPS) is 10.2. The number of nitro groups is 1. The number of nitrogens with two attached hydrogens (primary N) is 1. The molecule has 0 fully saturated rings. The Balaban J connectivity index is 3.48. The van der Waals surface area contributed by atoms with Crippen molar-refractivity contribution in [1.29, 1.82) is 5.26 Å². The van der Waals surface area contributed by atoms with E-state index in [-0.39, 0.29) is 12.1 Å². The quantitative estimate of drug-likeness (QED) is 0.619. The van der Waals surface area contributed by atoms with E-state index in [1.807, 2.05) is 0 Å². The Hall–Kier alpha value is -2.14. The lowest BCUT2D eigenvalue weighted by molar-refractivity contribution is -0.390. The maximum atomic E-state index is 12.4. The van der Waals surface area contributed by atoms with Crippen LogP contribution < -0.4 is 5.73 Å². The summed E-state index contributed by atoms with van der Waals surface area (Å²) < 4.78 is 24.9. The van der Waals surface area contributed by atoms with Crippen LogP contribution in [0.1, 0.15) is 23.2 Å². The molecule has 6 nitrogen and oxygen atoms in total. The van der Waals surface area contributed by atoms with Gasteiger partial charge in [0.1, 0.15) is 11.6 Å². The van der Waals surface area contributed by atoms with Gasteiger partial charge in [-0.05, 0) is 16.0 Å². The molecule has 0 aliphatic rings. The summed E-state index contributed by atoms with van der Waals surface area (Å²) in [7, 11) is 0. The van der Waals surface area contributed by atoms with E-state index in [1.54, 1.807) is 0 Å². The molecule has 0 aliphatic carbocycles. The van der Waals surface area contributed by atoms with Gasteiger partial charge in [-0.15, -0.1) is 0 Å². The number of nitrogens with zero attached hydrogens (tertiary/aromatic N) is 3. The molecule has 0 saturated heterocycles. The Kier molecular flexibility index (Phi) is 3.42. The standard InChI is InChI=1S/C8H6F2N4O2/c9-7(10)6-4(2-11)1-5(3-12)8(13-6)14(15)16/h1,7H,3,12H2. The Morgan fingerprint density at radius 3 is 2.69 bits per heavy atom. The van der Waals surface area contributed by atoms with Crippen LogP contribution in [0.5, 0.6) is 0 Å². The van der Waals surface area contributed by atoms with Gasteiger partial charge in [0.25, 0.3) is 0 Å². The summed E-state index contributed by atoms with van der Waals surface area (Å²) in [6.07, 6.45) is -3.04. The molecule has 1 heterocycles. The number of pyridine rings is 1. The Bertz CT molecular complexity index is 470. The number of hydrogen-bond donors (Lipinski definition) is 1. The number of nitriles is 1. The lowest BCUT2D eigenvalue weighted by atomic mass is 10.1. The predicted molar refractivity (Wildman–Crippen MR) is 48.5 cm³/mol. The van der Waals surface area contributed by atoms with Gasteiger partial charge in [-0.2, -0.15) is 5.26 Å². The zero-order chi connectivity index (χ0) is 12.3. The van der Waals surface area contributed by atoms with Crippen LogP contribution in [0.4, 0.5) is 14.6 Å². The molecule has 84 valence electrons. The number of aromatic nitrogens is 1.